The van der Waals surface area contributed by atoms with Crippen LogP contribution in [-0.4, -0.2) is 39.3 Å². The van der Waals surface area contributed by atoms with E-state index in [9.17, 15) is 4.79 Å². The molecule has 4 heteroatoms. The van der Waals surface area contributed by atoms with Crippen LogP contribution in [0.25, 0.3) is 0 Å². The van der Waals surface area contributed by atoms with Crippen molar-refractivity contribution in [3.63, 3.8) is 0 Å². The second kappa shape index (κ2) is 8.63. The van der Waals surface area contributed by atoms with Crippen LogP contribution in [0, 0.1) is 17.3 Å². The molecule has 0 atom stereocenters. The number of hydrogen-bond acceptors (Lipinski definition) is 3. The van der Waals surface area contributed by atoms with E-state index in [2.05, 4.69) is 31.4 Å². The molecule has 1 amide bonds. The Morgan fingerprint density at radius 3 is 2.30 bits per heavy atom. The standard InChI is InChI=1S/C16H32N2O2/c1-16(2,3)14-7-5-13(6-8-14)15(19)18-10-9-17-11-12-20-4/h13-14,17H,5-12H2,1-4H3,(H,18,19). The normalized spacial score (nSPS) is 23.6. The minimum absolute atomic E-state index is 0.229. The van der Waals surface area contributed by atoms with Crippen LogP contribution in [0.4, 0.5) is 0 Å². The molecule has 1 aliphatic rings. The van der Waals surface area contributed by atoms with E-state index in [0.717, 1.165) is 31.8 Å². The second-order valence-electron chi connectivity index (χ2n) is 6.95. The van der Waals surface area contributed by atoms with Gasteiger partial charge in [-0.15, -0.1) is 0 Å². The molecule has 0 aromatic carbocycles. The van der Waals surface area contributed by atoms with Crippen LogP contribution in [0.15, 0.2) is 0 Å². The lowest BCUT2D eigenvalue weighted by molar-refractivity contribution is -0.126. The van der Waals surface area contributed by atoms with Crippen LogP contribution in [0.2, 0.25) is 0 Å². The fraction of sp³-hybridized carbons (Fsp3) is 0.938. The maximum Gasteiger partial charge on any atom is 0.223 e. The zero-order valence-electron chi connectivity index (χ0n) is 13.6. The fourth-order valence-electron chi connectivity index (χ4n) is 2.94. The molecule has 0 bridgehead atoms. The Kier molecular flexibility index (Phi) is 7.52. The van der Waals surface area contributed by atoms with Crippen LogP contribution in [0.1, 0.15) is 46.5 Å². The minimum atomic E-state index is 0.229. The van der Waals surface area contributed by atoms with Gasteiger partial charge >= 0.3 is 0 Å². The Labute approximate surface area is 124 Å². The maximum absolute atomic E-state index is 12.1. The number of nitrogens with one attached hydrogen (secondary N) is 2. The fourth-order valence-corrected chi connectivity index (χ4v) is 2.94. The lowest BCUT2D eigenvalue weighted by Crippen LogP contribution is -2.38. The molecule has 0 aliphatic heterocycles. The smallest absolute Gasteiger partial charge is 0.223 e. The first-order chi connectivity index (χ1) is 9.45. The van der Waals surface area contributed by atoms with E-state index in [1.165, 1.54) is 12.8 Å². The van der Waals surface area contributed by atoms with Gasteiger partial charge in [-0.25, -0.2) is 0 Å². The number of hydrogen-bond donors (Lipinski definition) is 2. The third-order valence-corrected chi connectivity index (χ3v) is 4.41. The first-order valence-corrected chi connectivity index (χ1v) is 7.92. The molecular weight excluding hydrogens is 252 g/mol. The number of methoxy groups -OCH3 is 1. The first kappa shape index (κ1) is 17.4. The summed E-state index contributed by atoms with van der Waals surface area (Å²) in [4.78, 5) is 12.1. The largest absolute Gasteiger partial charge is 0.383 e. The van der Waals surface area contributed by atoms with Crippen molar-refractivity contribution in [1.29, 1.82) is 0 Å². The third kappa shape index (κ3) is 6.23. The van der Waals surface area contributed by atoms with Gasteiger partial charge < -0.3 is 15.4 Å². The highest BCUT2D eigenvalue weighted by atomic mass is 16.5. The Hall–Kier alpha value is -0.610. The average molecular weight is 284 g/mol. The molecule has 0 unspecified atom stereocenters. The van der Waals surface area contributed by atoms with Crippen molar-refractivity contribution in [3.8, 4) is 0 Å². The molecule has 0 spiro atoms. The summed E-state index contributed by atoms with van der Waals surface area (Å²) in [6.07, 6.45) is 4.47. The summed E-state index contributed by atoms with van der Waals surface area (Å²) in [5, 5.41) is 6.27. The van der Waals surface area contributed by atoms with Crippen molar-refractivity contribution in [2.75, 3.05) is 33.4 Å². The lowest BCUT2D eigenvalue weighted by Gasteiger charge is -2.36. The molecule has 20 heavy (non-hydrogen) atoms. The van der Waals surface area contributed by atoms with Gasteiger partial charge in [0.1, 0.15) is 0 Å². The summed E-state index contributed by atoms with van der Waals surface area (Å²) in [6, 6.07) is 0. The SMILES string of the molecule is COCCNCCNC(=O)C1CCC(C(C)(C)C)CC1. The Balaban J connectivity index is 2.13. The topological polar surface area (TPSA) is 50.4 Å². The van der Waals surface area contributed by atoms with E-state index in [1.54, 1.807) is 7.11 Å². The Bertz CT molecular complexity index is 279. The van der Waals surface area contributed by atoms with E-state index in [4.69, 9.17) is 4.74 Å². The van der Waals surface area contributed by atoms with Crippen molar-refractivity contribution in [2.45, 2.75) is 46.5 Å². The van der Waals surface area contributed by atoms with Gasteiger partial charge in [-0.05, 0) is 37.0 Å². The molecule has 1 fully saturated rings. The summed E-state index contributed by atoms with van der Waals surface area (Å²) in [5.74, 6) is 1.24. The molecule has 0 aromatic heterocycles. The summed E-state index contributed by atoms with van der Waals surface area (Å²) < 4.78 is 4.95. The molecule has 0 radical (unpaired) electrons. The molecule has 4 nitrogen and oxygen atoms in total. The van der Waals surface area contributed by atoms with Gasteiger partial charge in [0.05, 0.1) is 6.61 Å². The monoisotopic (exact) mass is 284 g/mol. The van der Waals surface area contributed by atoms with E-state index in [0.29, 0.717) is 18.6 Å². The minimum Gasteiger partial charge on any atom is -0.383 e. The van der Waals surface area contributed by atoms with Crippen molar-refractivity contribution in [1.82, 2.24) is 10.6 Å². The van der Waals surface area contributed by atoms with Crippen LogP contribution >= 0.6 is 0 Å². The first-order valence-electron chi connectivity index (χ1n) is 7.92. The van der Waals surface area contributed by atoms with Crippen LogP contribution < -0.4 is 10.6 Å². The van der Waals surface area contributed by atoms with Gasteiger partial charge in [0.25, 0.3) is 0 Å². The summed E-state index contributed by atoms with van der Waals surface area (Å²) in [7, 11) is 1.69. The van der Waals surface area contributed by atoms with Gasteiger partial charge in [-0.3, -0.25) is 4.79 Å². The molecule has 0 saturated heterocycles. The van der Waals surface area contributed by atoms with Crippen LogP contribution in [0.3, 0.4) is 0 Å². The molecule has 1 saturated carbocycles. The number of amides is 1. The molecular formula is C16H32N2O2. The zero-order chi connectivity index (χ0) is 15.0. The van der Waals surface area contributed by atoms with Crippen molar-refractivity contribution < 1.29 is 9.53 Å². The third-order valence-electron chi connectivity index (χ3n) is 4.41. The predicted octanol–water partition coefficient (Wildman–Crippen LogP) is 2.19. The van der Waals surface area contributed by atoms with Crippen molar-refractivity contribution in [2.24, 2.45) is 17.3 Å². The zero-order valence-corrected chi connectivity index (χ0v) is 13.6. The van der Waals surface area contributed by atoms with E-state index in [1.807, 2.05) is 0 Å². The van der Waals surface area contributed by atoms with E-state index in [-0.39, 0.29) is 11.8 Å². The highest BCUT2D eigenvalue weighted by molar-refractivity contribution is 5.78. The van der Waals surface area contributed by atoms with Gasteiger partial charge in [0, 0.05) is 32.7 Å². The van der Waals surface area contributed by atoms with Gasteiger partial charge in [-0.1, -0.05) is 20.8 Å². The summed E-state index contributed by atoms with van der Waals surface area (Å²) in [5.41, 5.74) is 0.382. The highest BCUT2D eigenvalue weighted by Gasteiger charge is 2.32. The van der Waals surface area contributed by atoms with Crippen molar-refractivity contribution >= 4 is 5.91 Å². The molecule has 2 N–H and O–H groups in total. The van der Waals surface area contributed by atoms with Gasteiger partial charge in [0.2, 0.25) is 5.91 Å². The van der Waals surface area contributed by atoms with Gasteiger partial charge in [0.15, 0.2) is 0 Å². The number of ether oxygens (including phenoxy) is 1. The molecule has 118 valence electrons. The molecule has 1 rings (SSSR count). The lowest BCUT2D eigenvalue weighted by atomic mass is 9.70. The average Bonchev–Trinajstić information content (AvgIpc) is 2.41. The maximum atomic E-state index is 12.1. The highest BCUT2D eigenvalue weighted by Crippen LogP contribution is 2.39. The van der Waals surface area contributed by atoms with E-state index < -0.39 is 0 Å². The molecule has 0 heterocycles. The molecule has 1 aliphatic carbocycles. The second-order valence-corrected chi connectivity index (χ2v) is 6.95. The summed E-state index contributed by atoms with van der Waals surface area (Å²) >= 11 is 0. The van der Waals surface area contributed by atoms with Gasteiger partial charge in [-0.2, -0.15) is 0 Å². The number of carbonyl (C=O) groups excluding carboxylic acids is 1. The number of carbonyl (C=O) groups is 1. The Morgan fingerprint density at radius 2 is 1.75 bits per heavy atom. The number of rotatable bonds is 7. The van der Waals surface area contributed by atoms with Crippen LogP contribution in [-0.2, 0) is 9.53 Å². The molecule has 0 aromatic rings. The Morgan fingerprint density at radius 1 is 1.10 bits per heavy atom. The van der Waals surface area contributed by atoms with E-state index >= 15 is 0 Å². The van der Waals surface area contributed by atoms with Crippen LogP contribution in [0.5, 0.6) is 0 Å². The quantitative estimate of drug-likeness (QED) is 0.705. The summed E-state index contributed by atoms with van der Waals surface area (Å²) in [6.45, 7) is 10.00. The van der Waals surface area contributed by atoms with Crippen molar-refractivity contribution in [3.05, 3.63) is 0 Å². The predicted molar refractivity (Wildman–Crippen MR) is 82.7 cm³/mol.